The molecule has 2 amide bonds. The third-order valence-electron chi connectivity index (χ3n) is 6.98. The molecule has 1 aliphatic rings. The maximum Gasteiger partial charge on any atom is 0.253 e. The minimum Gasteiger partial charge on any atom is -0.496 e. The van der Waals surface area contributed by atoms with Crippen molar-refractivity contribution in [1.82, 2.24) is 15.2 Å². The second-order valence-corrected chi connectivity index (χ2v) is 9.60. The number of nitrogens with one attached hydrogen (secondary N) is 1. The van der Waals surface area contributed by atoms with Gasteiger partial charge in [0.1, 0.15) is 11.3 Å². The highest BCUT2D eigenvalue weighted by Crippen LogP contribution is 2.27. The van der Waals surface area contributed by atoms with Crippen LogP contribution in [-0.2, 0) is 11.3 Å². The van der Waals surface area contributed by atoms with Crippen LogP contribution in [0.5, 0.6) is 5.75 Å². The Morgan fingerprint density at radius 2 is 1.81 bits per heavy atom. The lowest BCUT2D eigenvalue weighted by molar-refractivity contribution is -0.122. The number of likely N-dealkylation sites (tertiary alicyclic amines) is 1. The van der Waals surface area contributed by atoms with Gasteiger partial charge < -0.3 is 19.4 Å². The number of carbonyl (C=O) groups excluding carboxylic acids is 2. The predicted octanol–water partition coefficient (Wildman–Crippen LogP) is 5.37. The van der Waals surface area contributed by atoms with Crippen LogP contribution in [0.2, 0.25) is 0 Å². The molecule has 3 aromatic carbocycles. The van der Waals surface area contributed by atoms with Crippen LogP contribution >= 0.6 is 0 Å². The second kappa shape index (κ2) is 10.9. The first kappa shape index (κ1) is 24.6. The monoisotopic (exact) mass is 497 g/mol. The lowest BCUT2D eigenvalue weighted by Gasteiger charge is -2.31. The van der Waals surface area contributed by atoms with E-state index in [1.165, 1.54) is 5.56 Å². The molecule has 0 saturated carbocycles. The van der Waals surface area contributed by atoms with Crippen LogP contribution in [0.3, 0.4) is 0 Å². The van der Waals surface area contributed by atoms with Crippen molar-refractivity contribution in [3.05, 3.63) is 83.4 Å². The van der Waals surface area contributed by atoms with Gasteiger partial charge in [-0.25, -0.2) is 4.98 Å². The van der Waals surface area contributed by atoms with Gasteiger partial charge in [0.15, 0.2) is 5.58 Å². The maximum atomic E-state index is 13.2. The topological polar surface area (TPSA) is 84.7 Å². The Balaban J connectivity index is 1.15. The molecule has 0 atom stereocenters. The van der Waals surface area contributed by atoms with Gasteiger partial charge in [0, 0.05) is 42.7 Å². The number of rotatable bonds is 7. The second-order valence-electron chi connectivity index (χ2n) is 9.60. The summed E-state index contributed by atoms with van der Waals surface area (Å²) in [4.78, 5) is 32.2. The lowest BCUT2D eigenvalue weighted by atomic mass is 9.92. The van der Waals surface area contributed by atoms with Crippen molar-refractivity contribution in [3.63, 3.8) is 0 Å². The summed E-state index contributed by atoms with van der Waals surface area (Å²) in [7, 11) is 1.63. The molecule has 2 heterocycles. The van der Waals surface area contributed by atoms with Crippen molar-refractivity contribution in [2.75, 3.05) is 20.2 Å². The van der Waals surface area contributed by atoms with Crippen molar-refractivity contribution in [2.45, 2.75) is 32.7 Å². The van der Waals surface area contributed by atoms with Crippen molar-refractivity contribution in [1.29, 1.82) is 0 Å². The smallest absolute Gasteiger partial charge is 0.253 e. The van der Waals surface area contributed by atoms with Gasteiger partial charge in [-0.3, -0.25) is 9.59 Å². The number of nitrogens with zero attached hydrogens (tertiary/aromatic N) is 2. The third-order valence-corrected chi connectivity index (χ3v) is 6.98. The number of aryl methyl sites for hydroxylation is 1. The summed E-state index contributed by atoms with van der Waals surface area (Å²) in [5.41, 5.74) is 4.96. The number of ether oxygens (including phenoxy) is 1. The molecule has 0 spiro atoms. The van der Waals surface area contributed by atoms with Crippen LogP contribution in [0.1, 0.15) is 40.7 Å². The minimum atomic E-state index is -0.0131. The number of para-hydroxylation sites is 1. The molecule has 7 nitrogen and oxygen atoms in total. The van der Waals surface area contributed by atoms with Crippen LogP contribution in [0, 0.1) is 12.8 Å². The van der Waals surface area contributed by atoms with Gasteiger partial charge in [-0.1, -0.05) is 35.9 Å². The fourth-order valence-corrected chi connectivity index (χ4v) is 4.78. The Bertz CT molecular complexity index is 1400. The van der Waals surface area contributed by atoms with Crippen LogP contribution in [-0.4, -0.2) is 41.9 Å². The first-order valence-corrected chi connectivity index (χ1v) is 12.7. The molecule has 1 aromatic heterocycles. The average Bonchev–Trinajstić information content (AvgIpc) is 3.36. The molecule has 7 heteroatoms. The van der Waals surface area contributed by atoms with Crippen LogP contribution in [0.4, 0.5) is 0 Å². The summed E-state index contributed by atoms with van der Waals surface area (Å²) in [5, 5.41) is 3.00. The van der Waals surface area contributed by atoms with E-state index in [4.69, 9.17) is 9.15 Å². The van der Waals surface area contributed by atoms with E-state index in [0.29, 0.717) is 48.6 Å². The number of fused-ring (bicyclic) bond motifs is 1. The molecule has 1 fully saturated rings. The molecule has 0 bridgehead atoms. The fraction of sp³-hybridized carbons (Fsp3) is 0.300. The number of aromatic nitrogens is 1. The molecular formula is C30H31N3O4. The third kappa shape index (κ3) is 5.66. The van der Waals surface area contributed by atoms with E-state index in [0.717, 1.165) is 29.7 Å². The quantitative estimate of drug-likeness (QED) is 0.371. The number of oxazole rings is 1. The van der Waals surface area contributed by atoms with Crippen molar-refractivity contribution in [2.24, 2.45) is 5.92 Å². The molecule has 1 aliphatic heterocycles. The Hall–Kier alpha value is -4.13. The van der Waals surface area contributed by atoms with Crippen LogP contribution in [0.15, 0.2) is 71.1 Å². The van der Waals surface area contributed by atoms with Crippen molar-refractivity contribution >= 4 is 22.9 Å². The number of piperidine rings is 1. The largest absolute Gasteiger partial charge is 0.496 e. The number of amides is 2. The van der Waals surface area contributed by atoms with Crippen molar-refractivity contribution < 1.29 is 18.7 Å². The zero-order valence-corrected chi connectivity index (χ0v) is 21.2. The normalized spacial score (nSPS) is 14.1. The Morgan fingerprint density at radius 3 is 2.57 bits per heavy atom. The lowest BCUT2D eigenvalue weighted by Crippen LogP contribution is -2.39. The standard InChI is InChI=1S/C30H31N3O4/c1-20-7-9-22(10-8-20)29-32-25-18-23(11-12-27(25)37-29)30(35)33-15-13-21(14-16-33)17-28(34)31-19-24-5-3-4-6-26(24)36-2/h3-12,18,21H,13-17,19H2,1-2H3,(H,31,34). The number of methoxy groups -OCH3 is 1. The average molecular weight is 498 g/mol. The number of hydrogen-bond donors (Lipinski definition) is 1. The van der Waals surface area contributed by atoms with E-state index in [9.17, 15) is 9.59 Å². The first-order valence-electron chi connectivity index (χ1n) is 12.7. The Labute approximate surface area is 216 Å². The zero-order chi connectivity index (χ0) is 25.8. The maximum absolute atomic E-state index is 13.2. The Morgan fingerprint density at radius 1 is 1.05 bits per heavy atom. The molecule has 5 rings (SSSR count). The van der Waals surface area contributed by atoms with E-state index < -0.39 is 0 Å². The number of carbonyl (C=O) groups is 2. The van der Waals surface area contributed by atoms with Gasteiger partial charge in [-0.05, 0) is 62.1 Å². The van der Waals surface area contributed by atoms with Gasteiger partial charge in [-0.15, -0.1) is 0 Å². The highest BCUT2D eigenvalue weighted by Gasteiger charge is 2.25. The molecule has 0 unspecified atom stereocenters. The van der Waals surface area contributed by atoms with Gasteiger partial charge in [0.2, 0.25) is 11.8 Å². The summed E-state index contributed by atoms with van der Waals surface area (Å²) in [6.45, 7) is 3.74. The predicted molar refractivity (Wildman–Crippen MR) is 142 cm³/mol. The van der Waals surface area contributed by atoms with Crippen LogP contribution in [0.25, 0.3) is 22.6 Å². The van der Waals surface area contributed by atoms with Gasteiger partial charge >= 0.3 is 0 Å². The van der Waals surface area contributed by atoms with Gasteiger partial charge in [0.05, 0.1) is 7.11 Å². The highest BCUT2D eigenvalue weighted by molar-refractivity contribution is 5.97. The minimum absolute atomic E-state index is 0.0131. The fourth-order valence-electron chi connectivity index (χ4n) is 4.78. The van der Waals surface area contributed by atoms with E-state index in [1.54, 1.807) is 19.2 Å². The summed E-state index contributed by atoms with van der Waals surface area (Å²) < 4.78 is 11.3. The Kier molecular flexibility index (Phi) is 7.21. The van der Waals surface area contributed by atoms with Crippen molar-refractivity contribution in [3.8, 4) is 17.2 Å². The van der Waals surface area contributed by atoms with E-state index >= 15 is 0 Å². The molecule has 37 heavy (non-hydrogen) atoms. The van der Waals surface area contributed by atoms with Gasteiger partial charge in [-0.2, -0.15) is 0 Å². The molecule has 190 valence electrons. The summed E-state index contributed by atoms with van der Waals surface area (Å²) in [6, 6.07) is 21.1. The molecule has 0 aliphatic carbocycles. The highest BCUT2D eigenvalue weighted by atomic mass is 16.5. The number of benzene rings is 3. The first-order chi connectivity index (χ1) is 18.0. The van der Waals surface area contributed by atoms with Crippen LogP contribution < -0.4 is 10.1 Å². The molecule has 0 radical (unpaired) electrons. The summed E-state index contributed by atoms with van der Waals surface area (Å²) in [5.74, 6) is 1.59. The van der Waals surface area contributed by atoms with E-state index in [-0.39, 0.29) is 17.7 Å². The molecule has 1 saturated heterocycles. The van der Waals surface area contributed by atoms with E-state index in [2.05, 4.69) is 10.3 Å². The summed E-state index contributed by atoms with van der Waals surface area (Å²) in [6.07, 6.45) is 2.07. The van der Waals surface area contributed by atoms with E-state index in [1.807, 2.05) is 66.4 Å². The van der Waals surface area contributed by atoms with Gasteiger partial charge in [0.25, 0.3) is 5.91 Å². The molecule has 4 aromatic rings. The summed E-state index contributed by atoms with van der Waals surface area (Å²) >= 11 is 0. The zero-order valence-electron chi connectivity index (χ0n) is 21.2. The number of hydrogen-bond acceptors (Lipinski definition) is 5. The molecule has 1 N–H and O–H groups in total. The molecular weight excluding hydrogens is 466 g/mol. The SMILES string of the molecule is COc1ccccc1CNC(=O)CC1CCN(C(=O)c2ccc3oc(-c4ccc(C)cc4)nc3c2)CC1.